The number of benzene rings is 2. The molecule has 2 aromatic carbocycles. The Bertz CT molecular complexity index is 966. The molecule has 1 unspecified atom stereocenters. The first-order chi connectivity index (χ1) is 13.0. The minimum absolute atomic E-state index is 0.0122. The van der Waals surface area contributed by atoms with E-state index in [9.17, 15) is 0 Å². The molecule has 0 amide bonds. The van der Waals surface area contributed by atoms with Gasteiger partial charge in [-0.05, 0) is 69.9 Å². The van der Waals surface area contributed by atoms with Gasteiger partial charge >= 0.3 is 0 Å². The molecule has 0 bridgehead atoms. The Hall–Kier alpha value is -2.22. The van der Waals surface area contributed by atoms with Crippen LogP contribution in [0.1, 0.15) is 64.7 Å². The van der Waals surface area contributed by atoms with Gasteiger partial charge in [-0.25, -0.2) is 0 Å². The second-order valence-electron chi connectivity index (χ2n) is 10.2. The Morgan fingerprint density at radius 2 is 1.50 bits per heavy atom. The van der Waals surface area contributed by atoms with Crippen molar-refractivity contribution in [2.24, 2.45) is 0 Å². The van der Waals surface area contributed by atoms with Crippen molar-refractivity contribution in [3.05, 3.63) is 65.2 Å². The molecule has 2 aliphatic heterocycles. The normalized spacial score (nSPS) is 25.1. The minimum atomic E-state index is -0.0122. The molecule has 2 aromatic rings. The molecule has 148 valence electrons. The van der Waals surface area contributed by atoms with Crippen LogP contribution in [0.2, 0.25) is 0 Å². The van der Waals surface area contributed by atoms with Crippen LogP contribution in [0.4, 0.5) is 11.4 Å². The zero-order chi connectivity index (χ0) is 20.5. The first kappa shape index (κ1) is 19.1. The predicted octanol–water partition coefficient (Wildman–Crippen LogP) is 6.24. The molecule has 28 heavy (non-hydrogen) atoms. The topological polar surface area (TPSA) is 6.48 Å². The van der Waals surface area contributed by atoms with Gasteiger partial charge in [-0.2, -0.15) is 0 Å². The van der Waals surface area contributed by atoms with Crippen LogP contribution in [0, 0.1) is 0 Å². The summed E-state index contributed by atoms with van der Waals surface area (Å²) < 4.78 is 0. The monoisotopic (exact) mass is 374 g/mol. The molecular weight excluding hydrogens is 340 g/mol. The number of likely N-dealkylation sites (N-methyl/N-ethyl adjacent to an activating group) is 1. The molecule has 4 rings (SSSR count). The summed E-state index contributed by atoms with van der Waals surface area (Å²) in [6.45, 7) is 14.0. The number of hydrogen-bond acceptors (Lipinski definition) is 2. The third-order valence-corrected chi connectivity index (χ3v) is 7.41. The van der Waals surface area contributed by atoms with Gasteiger partial charge in [0.15, 0.2) is 0 Å². The van der Waals surface area contributed by atoms with E-state index in [1.165, 1.54) is 33.6 Å². The largest absolute Gasteiger partial charge is 0.369 e. The average Bonchev–Trinajstić information content (AvgIpc) is 2.63. The molecule has 2 aliphatic rings. The highest BCUT2D eigenvalue weighted by Gasteiger charge is 2.44. The minimum Gasteiger partial charge on any atom is -0.369 e. The highest BCUT2D eigenvalue weighted by Crippen LogP contribution is 2.51. The van der Waals surface area contributed by atoms with E-state index in [-0.39, 0.29) is 16.5 Å². The maximum absolute atomic E-state index is 2.45. The zero-order valence-electron chi connectivity index (χ0n) is 18.7. The van der Waals surface area contributed by atoms with E-state index in [2.05, 4.69) is 114 Å². The molecule has 0 radical (unpaired) electrons. The maximum Gasteiger partial charge on any atom is 0.0531 e. The third kappa shape index (κ3) is 2.61. The summed E-state index contributed by atoms with van der Waals surface area (Å²) in [7, 11) is 4.45. The third-order valence-electron chi connectivity index (χ3n) is 7.41. The van der Waals surface area contributed by atoms with Crippen molar-refractivity contribution in [2.75, 3.05) is 23.9 Å². The zero-order valence-corrected chi connectivity index (χ0v) is 18.7. The van der Waals surface area contributed by atoms with E-state index in [0.717, 1.165) is 6.42 Å². The Morgan fingerprint density at radius 3 is 2.21 bits per heavy atom. The van der Waals surface area contributed by atoms with E-state index in [0.29, 0.717) is 0 Å². The summed E-state index contributed by atoms with van der Waals surface area (Å²) >= 11 is 0. The molecule has 2 nitrogen and oxygen atoms in total. The summed E-state index contributed by atoms with van der Waals surface area (Å²) in [5.74, 6) is 0. The predicted molar refractivity (Wildman–Crippen MR) is 123 cm³/mol. The van der Waals surface area contributed by atoms with E-state index < -0.39 is 0 Å². The number of nitrogens with zero attached hydrogens (tertiary/aromatic N) is 2. The SMILES string of the molecule is CC1=CC(C)(C)N(C)c2cc(C3(C)CC(C)(C)N(C)c4ccccc43)ccc21. The van der Waals surface area contributed by atoms with Gasteiger partial charge in [0.05, 0.1) is 5.54 Å². The van der Waals surface area contributed by atoms with Crippen LogP contribution in [-0.4, -0.2) is 25.2 Å². The number of rotatable bonds is 1. The molecule has 0 aromatic heterocycles. The lowest BCUT2D eigenvalue weighted by Crippen LogP contribution is -2.51. The standard InChI is InChI=1S/C26H34N2/c1-18-16-24(2,3)28(8)23-15-19(13-14-20(18)23)26(6)17-25(4,5)27(7)22-12-10-9-11-21(22)26/h9-16H,17H2,1-8H3. The highest BCUT2D eigenvalue weighted by atomic mass is 15.2. The smallest absolute Gasteiger partial charge is 0.0531 e. The van der Waals surface area contributed by atoms with Gasteiger partial charge in [0.2, 0.25) is 0 Å². The van der Waals surface area contributed by atoms with Crippen molar-refractivity contribution >= 4 is 16.9 Å². The Kier molecular flexibility index (Phi) is 4.02. The molecule has 0 aliphatic carbocycles. The van der Waals surface area contributed by atoms with Gasteiger partial charge in [0.25, 0.3) is 0 Å². The molecule has 0 spiro atoms. The fourth-order valence-corrected chi connectivity index (χ4v) is 5.40. The summed E-state index contributed by atoms with van der Waals surface area (Å²) in [5, 5.41) is 0. The lowest BCUT2D eigenvalue weighted by atomic mass is 9.65. The van der Waals surface area contributed by atoms with Crippen molar-refractivity contribution in [1.82, 2.24) is 0 Å². The van der Waals surface area contributed by atoms with Crippen molar-refractivity contribution in [2.45, 2.75) is 64.5 Å². The summed E-state index contributed by atoms with van der Waals surface area (Å²) in [5.41, 5.74) is 8.39. The number of hydrogen-bond donors (Lipinski definition) is 0. The van der Waals surface area contributed by atoms with Crippen LogP contribution < -0.4 is 9.80 Å². The Morgan fingerprint density at radius 1 is 0.821 bits per heavy atom. The number of allylic oxidation sites excluding steroid dienone is 1. The van der Waals surface area contributed by atoms with Crippen molar-refractivity contribution in [3.63, 3.8) is 0 Å². The van der Waals surface area contributed by atoms with Crippen LogP contribution in [0.3, 0.4) is 0 Å². The van der Waals surface area contributed by atoms with Gasteiger partial charge in [0, 0.05) is 42.0 Å². The molecule has 0 N–H and O–H groups in total. The first-order valence-corrected chi connectivity index (χ1v) is 10.4. The van der Waals surface area contributed by atoms with Crippen LogP contribution in [0.25, 0.3) is 5.57 Å². The van der Waals surface area contributed by atoms with E-state index in [1.807, 2.05) is 0 Å². The summed E-state index contributed by atoms with van der Waals surface area (Å²) in [6.07, 6.45) is 3.47. The van der Waals surface area contributed by atoms with E-state index >= 15 is 0 Å². The fourth-order valence-electron chi connectivity index (χ4n) is 5.40. The van der Waals surface area contributed by atoms with E-state index in [4.69, 9.17) is 0 Å². The lowest BCUT2D eigenvalue weighted by molar-refractivity contribution is 0.335. The fraction of sp³-hybridized carbons (Fsp3) is 0.462. The van der Waals surface area contributed by atoms with Crippen LogP contribution in [0.15, 0.2) is 48.5 Å². The van der Waals surface area contributed by atoms with Gasteiger partial charge in [-0.15, -0.1) is 0 Å². The molecule has 2 heteroatoms. The maximum atomic E-state index is 2.45. The quantitative estimate of drug-likeness (QED) is 0.583. The lowest BCUT2D eigenvalue weighted by Gasteiger charge is -2.51. The Labute approximate surface area is 170 Å². The van der Waals surface area contributed by atoms with Crippen LogP contribution >= 0.6 is 0 Å². The molecular formula is C26H34N2. The molecule has 2 heterocycles. The number of para-hydroxylation sites is 1. The van der Waals surface area contributed by atoms with Gasteiger partial charge in [0.1, 0.15) is 0 Å². The average molecular weight is 375 g/mol. The Balaban J connectivity index is 1.92. The molecule has 0 saturated carbocycles. The highest BCUT2D eigenvalue weighted by molar-refractivity contribution is 5.82. The summed E-state index contributed by atoms with van der Waals surface area (Å²) in [4.78, 5) is 4.87. The van der Waals surface area contributed by atoms with Gasteiger partial charge < -0.3 is 9.80 Å². The van der Waals surface area contributed by atoms with E-state index in [1.54, 1.807) is 0 Å². The van der Waals surface area contributed by atoms with Gasteiger partial charge in [-0.1, -0.05) is 43.3 Å². The van der Waals surface area contributed by atoms with Gasteiger partial charge in [-0.3, -0.25) is 0 Å². The molecule has 0 saturated heterocycles. The number of fused-ring (bicyclic) bond motifs is 2. The van der Waals surface area contributed by atoms with Crippen molar-refractivity contribution < 1.29 is 0 Å². The van der Waals surface area contributed by atoms with Crippen LogP contribution in [-0.2, 0) is 5.41 Å². The molecule has 1 atom stereocenters. The molecule has 0 fully saturated rings. The van der Waals surface area contributed by atoms with Crippen LogP contribution in [0.5, 0.6) is 0 Å². The first-order valence-electron chi connectivity index (χ1n) is 10.4. The second-order valence-corrected chi connectivity index (χ2v) is 10.2. The summed E-state index contributed by atoms with van der Waals surface area (Å²) in [6, 6.07) is 16.1. The van der Waals surface area contributed by atoms with Crippen molar-refractivity contribution in [3.8, 4) is 0 Å². The number of anilines is 2. The second kappa shape index (κ2) is 5.89. The van der Waals surface area contributed by atoms with Crippen molar-refractivity contribution in [1.29, 1.82) is 0 Å².